The molecule has 1 N–H and O–H groups in total. The Balaban J connectivity index is 3.25. The van der Waals surface area contributed by atoms with Gasteiger partial charge in [0.05, 0.1) is 23.7 Å². The zero-order valence-electron chi connectivity index (χ0n) is 8.72. The molecule has 0 aromatic heterocycles. The van der Waals surface area contributed by atoms with Crippen molar-refractivity contribution in [3.8, 4) is 0 Å². The molecule has 0 fully saturated rings. The third-order valence-corrected chi connectivity index (χ3v) is 3.44. The number of hydrogen-bond donors (Lipinski definition) is 1. The number of alkyl halides is 1. The van der Waals surface area contributed by atoms with Crippen LogP contribution in [0, 0.1) is 0 Å². The Morgan fingerprint density at radius 3 is 2.53 bits per heavy atom. The molecule has 0 atom stereocenters. The molecule has 92 valence electrons. The van der Waals surface area contributed by atoms with Gasteiger partial charge in [-0.05, 0) is 28.1 Å². The highest BCUT2D eigenvalue weighted by Crippen LogP contribution is 2.31. The molecule has 0 heterocycles. The topological polar surface area (TPSA) is 55.4 Å². The van der Waals surface area contributed by atoms with Gasteiger partial charge in [0.25, 0.3) is 0 Å². The first-order chi connectivity index (χ1) is 7.99. The molecule has 0 bridgehead atoms. The van der Waals surface area contributed by atoms with Crippen molar-refractivity contribution >= 4 is 65.4 Å². The third-order valence-electron chi connectivity index (χ3n) is 1.85. The Kier molecular flexibility index (Phi) is 5.61. The highest BCUT2D eigenvalue weighted by Gasteiger charge is 2.17. The van der Waals surface area contributed by atoms with Crippen LogP contribution in [0.2, 0.25) is 0 Å². The lowest BCUT2D eigenvalue weighted by atomic mass is 10.2. The molecule has 7 heteroatoms. The predicted octanol–water partition coefficient (Wildman–Crippen LogP) is 3.33. The van der Waals surface area contributed by atoms with Crippen molar-refractivity contribution < 1.29 is 14.3 Å². The second-order valence-electron chi connectivity index (χ2n) is 2.98. The van der Waals surface area contributed by atoms with Gasteiger partial charge in [-0.25, -0.2) is 4.79 Å². The van der Waals surface area contributed by atoms with E-state index in [2.05, 4.69) is 57.8 Å². The number of hydrogen-bond acceptors (Lipinski definition) is 3. The van der Waals surface area contributed by atoms with Gasteiger partial charge in [-0.2, -0.15) is 0 Å². The van der Waals surface area contributed by atoms with Gasteiger partial charge in [0.2, 0.25) is 5.91 Å². The lowest BCUT2D eigenvalue weighted by molar-refractivity contribution is -0.113. The molecular weight excluding hydrogens is 422 g/mol. The second kappa shape index (κ2) is 6.51. The normalized spacial score (nSPS) is 9.88. The van der Waals surface area contributed by atoms with E-state index < -0.39 is 5.97 Å². The van der Waals surface area contributed by atoms with E-state index in [1.54, 1.807) is 12.1 Å². The molecule has 0 unspecified atom stereocenters. The number of amides is 1. The summed E-state index contributed by atoms with van der Waals surface area (Å²) in [6, 6.07) is 3.32. The van der Waals surface area contributed by atoms with E-state index in [-0.39, 0.29) is 16.8 Å². The number of methoxy groups -OCH3 is 1. The van der Waals surface area contributed by atoms with E-state index in [1.807, 2.05) is 0 Å². The molecule has 0 radical (unpaired) electrons. The zero-order chi connectivity index (χ0) is 13.0. The minimum Gasteiger partial charge on any atom is -0.465 e. The van der Waals surface area contributed by atoms with Crippen LogP contribution in [-0.4, -0.2) is 24.3 Å². The quantitative estimate of drug-likeness (QED) is 0.592. The van der Waals surface area contributed by atoms with Crippen molar-refractivity contribution in [1.29, 1.82) is 0 Å². The minimum absolute atomic E-state index is 0.149. The van der Waals surface area contributed by atoms with Gasteiger partial charge in [0.15, 0.2) is 0 Å². The van der Waals surface area contributed by atoms with Crippen molar-refractivity contribution in [1.82, 2.24) is 0 Å². The van der Waals surface area contributed by atoms with E-state index in [0.717, 1.165) is 0 Å². The number of carbonyl (C=O) groups excluding carboxylic acids is 2. The third kappa shape index (κ3) is 3.79. The summed E-state index contributed by atoms with van der Waals surface area (Å²) < 4.78 is 5.97. The molecule has 1 amide bonds. The summed E-state index contributed by atoms with van der Waals surface area (Å²) in [5.41, 5.74) is 0.674. The van der Waals surface area contributed by atoms with E-state index in [1.165, 1.54) is 7.11 Å². The fraction of sp³-hybridized carbons (Fsp3) is 0.200. The summed E-state index contributed by atoms with van der Waals surface area (Å²) in [5.74, 6) is -0.768. The Morgan fingerprint density at radius 2 is 2.00 bits per heavy atom. The van der Waals surface area contributed by atoms with E-state index in [4.69, 9.17) is 0 Å². The lowest BCUT2D eigenvalue weighted by Crippen LogP contribution is -2.16. The van der Waals surface area contributed by atoms with Gasteiger partial charge in [-0.15, -0.1) is 0 Å². The molecule has 17 heavy (non-hydrogen) atoms. The Bertz CT molecular complexity index is 462. The molecule has 1 rings (SSSR count). The van der Waals surface area contributed by atoms with Crippen molar-refractivity contribution in [2.45, 2.75) is 0 Å². The highest BCUT2D eigenvalue weighted by atomic mass is 79.9. The average Bonchev–Trinajstić information content (AvgIpc) is 2.30. The minimum atomic E-state index is -0.517. The number of esters is 1. The molecule has 1 aromatic rings. The SMILES string of the molecule is COC(=O)c1cc(Br)cc(Br)c1NC(=O)CBr. The van der Waals surface area contributed by atoms with Crippen LogP contribution in [-0.2, 0) is 9.53 Å². The van der Waals surface area contributed by atoms with Crippen LogP contribution < -0.4 is 5.32 Å². The first-order valence-corrected chi connectivity index (χ1v) is 7.13. The van der Waals surface area contributed by atoms with Crippen molar-refractivity contribution in [3.05, 3.63) is 26.6 Å². The second-order valence-corrected chi connectivity index (χ2v) is 5.31. The summed E-state index contributed by atoms with van der Waals surface area (Å²) in [7, 11) is 1.28. The van der Waals surface area contributed by atoms with Gasteiger partial charge in [0.1, 0.15) is 0 Å². The molecule has 0 spiro atoms. The lowest BCUT2D eigenvalue weighted by Gasteiger charge is -2.11. The molecule has 4 nitrogen and oxygen atoms in total. The molecule has 0 aliphatic carbocycles. The number of carbonyl (C=O) groups is 2. The summed E-state index contributed by atoms with van der Waals surface area (Å²) in [6.07, 6.45) is 0. The first kappa shape index (κ1) is 14.7. The molecule has 0 saturated heterocycles. The maximum absolute atomic E-state index is 11.6. The first-order valence-electron chi connectivity index (χ1n) is 4.42. The number of nitrogens with one attached hydrogen (secondary N) is 1. The molecule has 0 aliphatic heterocycles. The van der Waals surface area contributed by atoms with Crippen LogP contribution in [0.25, 0.3) is 0 Å². The Labute approximate surface area is 123 Å². The van der Waals surface area contributed by atoms with Crippen LogP contribution in [0.5, 0.6) is 0 Å². The molecular formula is C10H8Br3NO3. The Hall–Kier alpha value is -0.400. The fourth-order valence-electron chi connectivity index (χ4n) is 1.14. The number of anilines is 1. The van der Waals surface area contributed by atoms with Crippen molar-refractivity contribution in [3.63, 3.8) is 0 Å². The van der Waals surface area contributed by atoms with Crippen molar-refractivity contribution in [2.75, 3.05) is 17.8 Å². The maximum atomic E-state index is 11.6. The maximum Gasteiger partial charge on any atom is 0.340 e. The van der Waals surface area contributed by atoms with Crippen LogP contribution in [0.15, 0.2) is 21.1 Å². The van der Waals surface area contributed by atoms with Crippen LogP contribution in [0.4, 0.5) is 5.69 Å². The van der Waals surface area contributed by atoms with Crippen LogP contribution >= 0.6 is 47.8 Å². The molecule has 0 saturated carbocycles. The molecule has 0 aliphatic rings. The van der Waals surface area contributed by atoms with Gasteiger partial charge < -0.3 is 10.1 Å². The van der Waals surface area contributed by atoms with Crippen molar-refractivity contribution in [2.24, 2.45) is 0 Å². The monoisotopic (exact) mass is 427 g/mol. The van der Waals surface area contributed by atoms with E-state index in [9.17, 15) is 9.59 Å². The number of ether oxygens (including phenoxy) is 1. The van der Waals surface area contributed by atoms with Crippen LogP contribution in [0.1, 0.15) is 10.4 Å². The van der Waals surface area contributed by atoms with E-state index in [0.29, 0.717) is 14.6 Å². The van der Waals surface area contributed by atoms with E-state index >= 15 is 0 Å². The standard InChI is InChI=1S/C10H8Br3NO3/c1-17-10(16)6-2-5(12)3-7(13)9(6)14-8(15)4-11/h2-3H,4H2,1H3,(H,14,15). The average molecular weight is 430 g/mol. The number of halogens is 3. The molecule has 1 aromatic carbocycles. The van der Waals surface area contributed by atoms with Gasteiger partial charge in [0, 0.05) is 8.95 Å². The summed E-state index contributed by atoms with van der Waals surface area (Å²) in [5, 5.41) is 2.77. The Morgan fingerprint density at radius 1 is 1.35 bits per heavy atom. The predicted molar refractivity (Wildman–Crippen MR) is 75.6 cm³/mol. The fourth-order valence-corrected chi connectivity index (χ4v) is 2.61. The largest absolute Gasteiger partial charge is 0.465 e. The smallest absolute Gasteiger partial charge is 0.340 e. The van der Waals surface area contributed by atoms with Gasteiger partial charge in [-0.1, -0.05) is 31.9 Å². The van der Waals surface area contributed by atoms with Gasteiger partial charge in [-0.3, -0.25) is 4.79 Å². The summed E-state index contributed by atoms with van der Waals surface area (Å²) >= 11 is 9.59. The highest BCUT2D eigenvalue weighted by molar-refractivity contribution is 9.11. The summed E-state index contributed by atoms with van der Waals surface area (Å²) in [4.78, 5) is 22.9. The zero-order valence-corrected chi connectivity index (χ0v) is 13.5. The number of benzene rings is 1. The van der Waals surface area contributed by atoms with Gasteiger partial charge >= 0.3 is 5.97 Å². The summed E-state index contributed by atoms with van der Waals surface area (Å²) in [6.45, 7) is 0. The number of rotatable bonds is 3. The van der Waals surface area contributed by atoms with Crippen LogP contribution in [0.3, 0.4) is 0 Å².